The summed E-state index contributed by atoms with van der Waals surface area (Å²) in [5.41, 5.74) is 3.20. The van der Waals surface area contributed by atoms with Crippen molar-refractivity contribution in [2.45, 2.75) is 46.5 Å². The molecule has 0 aliphatic heterocycles. The first-order valence-corrected chi connectivity index (χ1v) is 8.16. The normalized spacial score (nSPS) is 11.3. The fraction of sp³-hybridized carbons (Fsp3) is 0.350. The van der Waals surface area contributed by atoms with E-state index in [4.69, 9.17) is 5.11 Å². The Morgan fingerprint density at radius 3 is 2.19 bits per heavy atom. The highest BCUT2D eigenvalue weighted by Crippen LogP contribution is 2.36. The van der Waals surface area contributed by atoms with E-state index in [1.165, 1.54) is 4.80 Å². The number of benzene rings is 2. The minimum Gasteiger partial charge on any atom is -0.505 e. The molecule has 0 unspecified atom stereocenters. The summed E-state index contributed by atoms with van der Waals surface area (Å²) in [6.45, 7) is 6.00. The minimum absolute atomic E-state index is 0. The quantitative estimate of drug-likeness (QED) is 0.736. The molecule has 0 amide bonds. The first kappa shape index (κ1) is 19.4. The molecule has 0 aliphatic rings. The Balaban J connectivity index is 0.00000243. The fourth-order valence-corrected chi connectivity index (χ4v) is 2.76. The van der Waals surface area contributed by atoms with Crippen molar-refractivity contribution in [1.29, 1.82) is 0 Å². The van der Waals surface area contributed by atoms with Gasteiger partial charge >= 0.3 is 5.97 Å². The van der Waals surface area contributed by atoms with Gasteiger partial charge in [-0.05, 0) is 35.6 Å². The van der Waals surface area contributed by atoms with Gasteiger partial charge in [-0.3, -0.25) is 4.79 Å². The van der Waals surface area contributed by atoms with Gasteiger partial charge in [-0.1, -0.05) is 46.4 Å². The number of aryl methyl sites for hydroxylation is 1. The molecule has 6 heteroatoms. The molecule has 0 radical (unpaired) electrons. The number of carbonyl (C=O) groups is 1. The van der Waals surface area contributed by atoms with E-state index in [9.17, 15) is 9.90 Å². The summed E-state index contributed by atoms with van der Waals surface area (Å²) in [5, 5.41) is 28.6. The number of hydrogen-bond donors (Lipinski definition) is 2. The minimum atomic E-state index is -0.852. The largest absolute Gasteiger partial charge is 0.505 e. The number of rotatable bonds is 4. The van der Waals surface area contributed by atoms with Gasteiger partial charge in [-0.25, -0.2) is 0 Å². The molecule has 0 saturated carbocycles. The fourth-order valence-electron chi connectivity index (χ4n) is 2.76. The van der Waals surface area contributed by atoms with Crippen LogP contribution in [0.3, 0.4) is 0 Å². The van der Waals surface area contributed by atoms with Crippen LogP contribution in [0.1, 0.15) is 45.7 Å². The summed E-state index contributed by atoms with van der Waals surface area (Å²) in [6, 6.07) is 11.1. The Hall–Kier alpha value is -2.89. The van der Waals surface area contributed by atoms with Crippen molar-refractivity contribution in [2.24, 2.45) is 0 Å². The number of aromatic nitrogens is 3. The maximum atomic E-state index is 10.9. The van der Waals surface area contributed by atoms with E-state index in [1.54, 1.807) is 6.07 Å². The number of fused-ring (bicyclic) bond motifs is 1. The molecule has 3 rings (SSSR count). The third kappa shape index (κ3) is 3.85. The highest BCUT2D eigenvalue weighted by molar-refractivity contribution is 5.74. The van der Waals surface area contributed by atoms with E-state index >= 15 is 0 Å². The number of carboxylic acids is 1. The Bertz CT molecular complexity index is 906. The van der Waals surface area contributed by atoms with Crippen LogP contribution in [0, 0.1) is 0 Å². The molecule has 0 atom stereocenters. The van der Waals surface area contributed by atoms with Gasteiger partial charge in [0.05, 0.1) is 0 Å². The first-order valence-electron chi connectivity index (χ1n) is 8.16. The van der Waals surface area contributed by atoms with E-state index in [-0.39, 0.29) is 25.0 Å². The molecule has 1 heterocycles. The van der Waals surface area contributed by atoms with Crippen LogP contribution in [0.15, 0.2) is 36.4 Å². The van der Waals surface area contributed by atoms with Gasteiger partial charge in [0.2, 0.25) is 0 Å². The topological polar surface area (TPSA) is 88.2 Å². The van der Waals surface area contributed by atoms with Crippen LogP contribution in [0.2, 0.25) is 0 Å². The number of aliphatic carboxylic acids is 1. The van der Waals surface area contributed by atoms with Gasteiger partial charge in [0.25, 0.3) is 0 Å². The lowest BCUT2D eigenvalue weighted by molar-refractivity contribution is -0.136. The summed E-state index contributed by atoms with van der Waals surface area (Å²) in [7, 11) is 0. The molecule has 6 nitrogen and oxygen atoms in total. The predicted octanol–water partition coefficient (Wildman–Crippen LogP) is 4.08. The van der Waals surface area contributed by atoms with Crippen LogP contribution in [-0.4, -0.2) is 31.2 Å². The Morgan fingerprint density at radius 2 is 1.69 bits per heavy atom. The maximum absolute atomic E-state index is 10.9. The van der Waals surface area contributed by atoms with E-state index in [0.29, 0.717) is 12.1 Å². The molecule has 0 saturated heterocycles. The van der Waals surface area contributed by atoms with Gasteiger partial charge in [0.1, 0.15) is 22.5 Å². The average Bonchev–Trinajstić information content (AvgIpc) is 2.96. The smallest absolute Gasteiger partial charge is 0.303 e. The number of nitrogens with zero attached hydrogens (tertiary/aromatic N) is 3. The zero-order chi connectivity index (χ0) is 18.2. The molecular formula is C20H25N3O3. The molecule has 1 aromatic heterocycles. The number of aromatic hydroxyl groups is 1. The van der Waals surface area contributed by atoms with Gasteiger partial charge in [0.15, 0.2) is 0 Å². The SMILES string of the molecule is C.CC(C)(C)c1cc(CCC(=O)O)cc(-n2nc3ccccc3n2)c1O. The van der Waals surface area contributed by atoms with Gasteiger partial charge in [-0.2, -0.15) is 0 Å². The molecule has 3 aromatic rings. The second kappa shape index (κ2) is 7.15. The van der Waals surface area contributed by atoms with Crippen molar-refractivity contribution in [2.75, 3.05) is 0 Å². The van der Waals surface area contributed by atoms with Gasteiger partial charge < -0.3 is 10.2 Å². The lowest BCUT2D eigenvalue weighted by atomic mass is 9.84. The van der Waals surface area contributed by atoms with Crippen molar-refractivity contribution in [1.82, 2.24) is 15.0 Å². The third-order valence-corrected chi connectivity index (χ3v) is 4.09. The van der Waals surface area contributed by atoms with Gasteiger partial charge in [-0.15, -0.1) is 15.0 Å². The molecule has 138 valence electrons. The van der Waals surface area contributed by atoms with Gasteiger partial charge in [0, 0.05) is 12.0 Å². The monoisotopic (exact) mass is 355 g/mol. The van der Waals surface area contributed by atoms with Crippen LogP contribution in [0.4, 0.5) is 0 Å². The summed E-state index contributed by atoms with van der Waals surface area (Å²) in [4.78, 5) is 12.3. The molecule has 2 aromatic carbocycles. The predicted molar refractivity (Wildman–Crippen MR) is 102 cm³/mol. The lowest BCUT2D eigenvalue weighted by Crippen LogP contribution is -2.14. The Labute approximate surface area is 153 Å². The zero-order valence-corrected chi connectivity index (χ0v) is 14.5. The molecule has 0 bridgehead atoms. The van der Waals surface area contributed by atoms with E-state index in [2.05, 4.69) is 10.2 Å². The zero-order valence-electron chi connectivity index (χ0n) is 14.5. The summed E-state index contributed by atoms with van der Waals surface area (Å²) in [6.07, 6.45) is 0.411. The highest BCUT2D eigenvalue weighted by atomic mass is 16.4. The average molecular weight is 355 g/mol. The Kier molecular flexibility index (Phi) is 5.35. The molecule has 0 aliphatic carbocycles. The molecule has 26 heavy (non-hydrogen) atoms. The second-order valence-electron chi connectivity index (χ2n) is 7.13. The van der Waals surface area contributed by atoms with Crippen molar-refractivity contribution in [3.8, 4) is 11.4 Å². The highest BCUT2D eigenvalue weighted by Gasteiger charge is 2.23. The summed E-state index contributed by atoms with van der Waals surface area (Å²) in [5.74, 6) is -0.734. The van der Waals surface area contributed by atoms with Crippen molar-refractivity contribution in [3.63, 3.8) is 0 Å². The second-order valence-corrected chi connectivity index (χ2v) is 7.13. The molecule has 0 fully saturated rings. The van der Waals surface area contributed by atoms with Crippen LogP contribution in [0.5, 0.6) is 5.75 Å². The summed E-state index contributed by atoms with van der Waals surface area (Å²) < 4.78 is 0. The van der Waals surface area contributed by atoms with E-state index in [0.717, 1.165) is 22.2 Å². The molecular weight excluding hydrogens is 330 g/mol. The Morgan fingerprint density at radius 1 is 1.12 bits per heavy atom. The van der Waals surface area contributed by atoms with Crippen molar-refractivity contribution < 1.29 is 15.0 Å². The standard InChI is InChI=1S/C19H21N3O3.CH4/c1-19(2,3)13-10-12(8-9-17(23)24)11-16(18(13)25)22-20-14-6-4-5-7-15(14)21-22;/h4-7,10-11,25H,8-9H2,1-3H3,(H,23,24);1H4. The van der Waals surface area contributed by atoms with E-state index < -0.39 is 5.97 Å². The lowest BCUT2D eigenvalue weighted by Gasteiger charge is -2.23. The first-order chi connectivity index (χ1) is 11.8. The van der Waals surface area contributed by atoms with Crippen molar-refractivity contribution in [3.05, 3.63) is 47.5 Å². The van der Waals surface area contributed by atoms with E-state index in [1.807, 2.05) is 51.1 Å². The number of hydrogen-bond acceptors (Lipinski definition) is 4. The summed E-state index contributed by atoms with van der Waals surface area (Å²) >= 11 is 0. The van der Waals surface area contributed by atoms with Crippen LogP contribution < -0.4 is 0 Å². The number of phenolic OH excluding ortho intramolecular Hbond substituents is 1. The number of phenols is 1. The molecule has 0 spiro atoms. The van der Waals surface area contributed by atoms with Crippen molar-refractivity contribution >= 4 is 17.0 Å². The van der Waals surface area contributed by atoms with Crippen LogP contribution in [-0.2, 0) is 16.6 Å². The number of carboxylic acid groups (broad SMARTS) is 1. The third-order valence-electron chi connectivity index (χ3n) is 4.09. The maximum Gasteiger partial charge on any atom is 0.303 e. The van der Waals surface area contributed by atoms with Crippen LogP contribution in [0.25, 0.3) is 16.7 Å². The molecule has 2 N–H and O–H groups in total. The van der Waals surface area contributed by atoms with Crippen LogP contribution >= 0.6 is 0 Å².